The maximum atomic E-state index is 11.1. The van der Waals surface area contributed by atoms with Gasteiger partial charge in [-0.15, -0.1) is 0 Å². The molecule has 82 valence electrons. The minimum atomic E-state index is 0.289. The third kappa shape index (κ3) is 2.02. The summed E-state index contributed by atoms with van der Waals surface area (Å²) in [6.45, 7) is 1.35. The highest BCUT2D eigenvalue weighted by molar-refractivity contribution is 6.32. The predicted molar refractivity (Wildman–Crippen MR) is 62.6 cm³/mol. The lowest BCUT2D eigenvalue weighted by Crippen LogP contribution is -2.34. The van der Waals surface area contributed by atoms with Crippen molar-refractivity contribution >= 4 is 23.1 Å². The summed E-state index contributed by atoms with van der Waals surface area (Å²) in [5.74, 6) is 0.289. The summed E-state index contributed by atoms with van der Waals surface area (Å²) in [6, 6.07) is 7.52. The number of Topliss-reactive ketones (excluding diaryl/α,β-unsaturated/α-hetero) is 1. The van der Waals surface area contributed by atoms with E-state index in [4.69, 9.17) is 16.9 Å². The van der Waals surface area contributed by atoms with Gasteiger partial charge in [-0.3, -0.25) is 4.79 Å². The van der Waals surface area contributed by atoms with E-state index in [2.05, 4.69) is 6.07 Å². The van der Waals surface area contributed by atoms with Crippen molar-refractivity contribution in [3.05, 3.63) is 28.8 Å². The molecule has 1 aromatic rings. The molecule has 0 aromatic heterocycles. The van der Waals surface area contributed by atoms with Gasteiger partial charge in [-0.25, -0.2) is 0 Å². The van der Waals surface area contributed by atoms with E-state index >= 15 is 0 Å². The molecular weight excluding hydrogens is 224 g/mol. The topological polar surface area (TPSA) is 44.1 Å². The molecule has 0 N–H and O–H groups in total. The van der Waals surface area contributed by atoms with E-state index < -0.39 is 0 Å². The molecule has 1 heterocycles. The Hall–Kier alpha value is -1.53. The Morgan fingerprint density at radius 3 is 2.62 bits per heavy atom. The van der Waals surface area contributed by atoms with Crippen LogP contribution in [0.2, 0.25) is 5.02 Å². The highest BCUT2D eigenvalue weighted by Crippen LogP contribution is 2.28. The molecular formula is C12H11ClN2O. The summed E-state index contributed by atoms with van der Waals surface area (Å²) >= 11 is 5.96. The minimum Gasteiger partial charge on any atom is -0.370 e. The Bertz CT molecular complexity index is 455. The average Bonchev–Trinajstić information content (AvgIpc) is 2.30. The van der Waals surface area contributed by atoms with Gasteiger partial charge in [0.2, 0.25) is 0 Å². The molecule has 16 heavy (non-hydrogen) atoms. The van der Waals surface area contributed by atoms with Gasteiger partial charge in [0, 0.05) is 25.9 Å². The number of anilines is 1. The van der Waals surface area contributed by atoms with Gasteiger partial charge in [0.1, 0.15) is 11.9 Å². The van der Waals surface area contributed by atoms with Crippen LogP contribution in [-0.2, 0) is 4.79 Å². The van der Waals surface area contributed by atoms with E-state index in [0.29, 0.717) is 36.5 Å². The standard InChI is InChI=1S/C12H11ClN2O/c13-11-2-1-3-12(10(11)8-14)15-6-4-9(16)5-7-15/h1-3H,4-7H2. The van der Waals surface area contributed by atoms with Gasteiger partial charge in [-0.05, 0) is 12.1 Å². The number of carbonyl (C=O) groups is 1. The van der Waals surface area contributed by atoms with Crippen molar-refractivity contribution in [2.75, 3.05) is 18.0 Å². The average molecular weight is 235 g/mol. The summed E-state index contributed by atoms with van der Waals surface area (Å²) in [4.78, 5) is 13.2. The lowest BCUT2D eigenvalue weighted by molar-refractivity contribution is -0.119. The Kier molecular flexibility index (Phi) is 3.12. The first-order valence-electron chi connectivity index (χ1n) is 5.17. The van der Waals surface area contributed by atoms with Crippen LogP contribution in [0.15, 0.2) is 18.2 Å². The number of piperidine rings is 1. The second-order valence-corrected chi connectivity index (χ2v) is 4.18. The monoisotopic (exact) mass is 234 g/mol. The van der Waals surface area contributed by atoms with Crippen molar-refractivity contribution in [1.82, 2.24) is 0 Å². The number of halogens is 1. The summed E-state index contributed by atoms with van der Waals surface area (Å²) in [5.41, 5.74) is 1.33. The number of nitriles is 1. The zero-order valence-corrected chi connectivity index (χ0v) is 9.50. The van der Waals surface area contributed by atoms with Crippen molar-refractivity contribution in [3.8, 4) is 6.07 Å². The van der Waals surface area contributed by atoms with Crippen molar-refractivity contribution in [2.24, 2.45) is 0 Å². The van der Waals surface area contributed by atoms with Gasteiger partial charge in [0.05, 0.1) is 16.3 Å². The van der Waals surface area contributed by atoms with Gasteiger partial charge in [0.25, 0.3) is 0 Å². The fourth-order valence-electron chi connectivity index (χ4n) is 1.88. The van der Waals surface area contributed by atoms with Crippen LogP contribution in [0.5, 0.6) is 0 Å². The maximum absolute atomic E-state index is 11.1. The minimum absolute atomic E-state index is 0.289. The van der Waals surface area contributed by atoms with Gasteiger partial charge >= 0.3 is 0 Å². The quantitative estimate of drug-likeness (QED) is 0.750. The van der Waals surface area contributed by atoms with Crippen molar-refractivity contribution in [1.29, 1.82) is 5.26 Å². The van der Waals surface area contributed by atoms with Crippen molar-refractivity contribution in [3.63, 3.8) is 0 Å². The SMILES string of the molecule is N#Cc1c(Cl)cccc1N1CCC(=O)CC1. The highest BCUT2D eigenvalue weighted by atomic mass is 35.5. The molecule has 1 aromatic carbocycles. The van der Waals surface area contributed by atoms with E-state index in [-0.39, 0.29) is 5.78 Å². The van der Waals surface area contributed by atoms with E-state index in [1.165, 1.54) is 0 Å². The molecule has 3 nitrogen and oxygen atoms in total. The van der Waals surface area contributed by atoms with Crippen LogP contribution in [-0.4, -0.2) is 18.9 Å². The Balaban J connectivity index is 2.31. The summed E-state index contributed by atoms with van der Waals surface area (Å²) in [6.07, 6.45) is 1.11. The normalized spacial score (nSPS) is 16.0. The lowest BCUT2D eigenvalue weighted by atomic mass is 10.1. The second-order valence-electron chi connectivity index (χ2n) is 3.77. The number of rotatable bonds is 1. The first-order chi connectivity index (χ1) is 7.72. The number of benzene rings is 1. The van der Waals surface area contributed by atoms with E-state index in [9.17, 15) is 4.79 Å². The molecule has 1 saturated heterocycles. The molecule has 0 bridgehead atoms. The smallest absolute Gasteiger partial charge is 0.136 e. The third-order valence-electron chi connectivity index (χ3n) is 2.77. The number of ketones is 1. The zero-order chi connectivity index (χ0) is 11.5. The fraction of sp³-hybridized carbons (Fsp3) is 0.333. The molecule has 0 amide bonds. The number of hydrogen-bond acceptors (Lipinski definition) is 3. The molecule has 0 unspecified atom stereocenters. The Labute approximate surface area is 99.2 Å². The maximum Gasteiger partial charge on any atom is 0.136 e. The summed E-state index contributed by atoms with van der Waals surface area (Å²) in [5, 5.41) is 9.52. The van der Waals surface area contributed by atoms with Crippen molar-refractivity contribution < 1.29 is 4.79 Å². The predicted octanol–water partition coefficient (Wildman–Crippen LogP) is 2.38. The largest absolute Gasteiger partial charge is 0.370 e. The van der Waals surface area contributed by atoms with Gasteiger partial charge in [0.15, 0.2) is 0 Å². The summed E-state index contributed by atoms with van der Waals surface area (Å²) in [7, 11) is 0. The second kappa shape index (κ2) is 4.54. The third-order valence-corrected chi connectivity index (χ3v) is 3.08. The van der Waals surface area contributed by atoms with Crippen LogP contribution in [0.25, 0.3) is 0 Å². The number of carbonyl (C=O) groups excluding carboxylic acids is 1. The van der Waals surface area contributed by atoms with Crippen LogP contribution >= 0.6 is 11.6 Å². The van der Waals surface area contributed by atoms with Crippen LogP contribution in [0.4, 0.5) is 5.69 Å². The molecule has 0 spiro atoms. The molecule has 0 radical (unpaired) electrons. The van der Waals surface area contributed by atoms with Crippen molar-refractivity contribution in [2.45, 2.75) is 12.8 Å². The van der Waals surface area contributed by atoms with Crippen LogP contribution < -0.4 is 4.90 Å². The van der Waals surface area contributed by atoms with Crippen LogP contribution in [0.3, 0.4) is 0 Å². The Morgan fingerprint density at radius 1 is 1.31 bits per heavy atom. The molecule has 1 fully saturated rings. The number of nitrogens with zero attached hydrogens (tertiary/aromatic N) is 2. The van der Waals surface area contributed by atoms with E-state index in [0.717, 1.165) is 5.69 Å². The fourth-order valence-corrected chi connectivity index (χ4v) is 2.10. The van der Waals surface area contributed by atoms with E-state index in [1.54, 1.807) is 6.07 Å². The van der Waals surface area contributed by atoms with Gasteiger partial charge in [-0.1, -0.05) is 17.7 Å². The molecule has 2 rings (SSSR count). The lowest BCUT2D eigenvalue weighted by Gasteiger charge is -2.29. The molecule has 0 saturated carbocycles. The first kappa shape index (κ1) is 11.0. The molecule has 0 atom stereocenters. The van der Waals surface area contributed by atoms with Crippen LogP contribution in [0.1, 0.15) is 18.4 Å². The van der Waals surface area contributed by atoms with Crippen LogP contribution in [0, 0.1) is 11.3 Å². The van der Waals surface area contributed by atoms with Gasteiger partial charge in [-0.2, -0.15) is 5.26 Å². The van der Waals surface area contributed by atoms with E-state index in [1.807, 2.05) is 17.0 Å². The molecule has 1 aliphatic rings. The van der Waals surface area contributed by atoms with Gasteiger partial charge < -0.3 is 4.90 Å². The zero-order valence-electron chi connectivity index (χ0n) is 8.74. The first-order valence-corrected chi connectivity index (χ1v) is 5.55. The molecule has 1 aliphatic heterocycles. The Morgan fingerprint density at radius 2 is 2.00 bits per heavy atom. The molecule has 0 aliphatic carbocycles. The summed E-state index contributed by atoms with van der Waals surface area (Å²) < 4.78 is 0. The number of hydrogen-bond donors (Lipinski definition) is 0. The molecule has 4 heteroatoms. The highest BCUT2D eigenvalue weighted by Gasteiger charge is 2.19.